The molecule has 0 unspecified atom stereocenters. The SMILES string of the molecule is COc1cc(CNc2ccc(Br)cc2C)cc(I)c1OCC(=O)Nc1cccc(C)c1. The number of carbonyl (C=O) groups is 1. The number of methoxy groups -OCH3 is 1. The first-order valence-corrected chi connectivity index (χ1v) is 11.6. The highest BCUT2D eigenvalue weighted by Crippen LogP contribution is 2.34. The summed E-state index contributed by atoms with van der Waals surface area (Å²) >= 11 is 5.69. The maximum atomic E-state index is 12.3. The highest BCUT2D eigenvalue weighted by atomic mass is 127. The molecule has 3 aromatic rings. The zero-order valence-corrected chi connectivity index (χ0v) is 21.3. The zero-order valence-electron chi connectivity index (χ0n) is 17.6. The lowest BCUT2D eigenvalue weighted by Crippen LogP contribution is -2.20. The number of anilines is 2. The van der Waals surface area contributed by atoms with Crippen LogP contribution in [0.4, 0.5) is 11.4 Å². The number of ether oxygens (including phenoxy) is 2. The van der Waals surface area contributed by atoms with Crippen molar-refractivity contribution in [1.82, 2.24) is 0 Å². The molecule has 0 aromatic heterocycles. The van der Waals surface area contributed by atoms with Crippen molar-refractivity contribution in [2.75, 3.05) is 24.4 Å². The first-order chi connectivity index (χ1) is 14.9. The van der Waals surface area contributed by atoms with Gasteiger partial charge in [-0.15, -0.1) is 0 Å². The summed E-state index contributed by atoms with van der Waals surface area (Å²) < 4.78 is 13.3. The molecule has 0 radical (unpaired) electrons. The lowest BCUT2D eigenvalue weighted by Gasteiger charge is -2.16. The second-order valence-electron chi connectivity index (χ2n) is 7.13. The van der Waals surface area contributed by atoms with Gasteiger partial charge in [0.05, 0.1) is 10.7 Å². The number of hydrogen-bond acceptors (Lipinski definition) is 4. The van der Waals surface area contributed by atoms with Crippen LogP contribution in [0.1, 0.15) is 16.7 Å². The van der Waals surface area contributed by atoms with Crippen molar-refractivity contribution in [1.29, 1.82) is 0 Å². The normalized spacial score (nSPS) is 10.5. The van der Waals surface area contributed by atoms with Crippen LogP contribution in [0, 0.1) is 17.4 Å². The molecule has 7 heteroatoms. The minimum Gasteiger partial charge on any atom is -0.493 e. The minimum atomic E-state index is -0.222. The van der Waals surface area contributed by atoms with E-state index < -0.39 is 0 Å². The van der Waals surface area contributed by atoms with Gasteiger partial charge in [0.15, 0.2) is 18.1 Å². The molecule has 0 saturated heterocycles. The zero-order chi connectivity index (χ0) is 22.4. The Bertz CT molecular complexity index is 1090. The number of halogens is 2. The molecule has 5 nitrogen and oxygen atoms in total. The van der Waals surface area contributed by atoms with Gasteiger partial charge >= 0.3 is 0 Å². The summed E-state index contributed by atoms with van der Waals surface area (Å²) in [5.41, 5.74) is 5.12. The molecule has 0 aliphatic carbocycles. The summed E-state index contributed by atoms with van der Waals surface area (Å²) in [6, 6.07) is 17.7. The fraction of sp³-hybridized carbons (Fsp3) is 0.208. The largest absolute Gasteiger partial charge is 0.493 e. The summed E-state index contributed by atoms with van der Waals surface area (Å²) in [6.45, 7) is 4.59. The first-order valence-electron chi connectivity index (χ1n) is 9.71. The summed E-state index contributed by atoms with van der Waals surface area (Å²) in [5, 5.41) is 6.30. The van der Waals surface area contributed by atoms with Gasteiger partial charge in [-0.1, -0.05) is 28.1 Å². The lowest BCUT2D eigenvalue weighted by molar-refractivity contribution is -0.118. The molecule has 162 valence electrons. The van der Waals surface area contributed by atoms with Crippen LogP contribution in [0.2, 0.25) is 0 Å². The van der Waals surface area contributed by atoms with E-state index in [1.54, 1.807) is 7.11 Å². The van der Waals surface area contributed by atoms with E-state index in [0.29, 0.717) is 18.0 Å². The van der Waals surface area contributed by atoms with Gasteiger partial charge in [0, 0.05) is 22.4 Å². The van der Waals surface area contributed by atoms with Crippen molar-refractivity contribution in [2.45, 2.75) is 20.4 Å². The molecular weight excluding hydrogens is 571 g/mol. The Labute approximate surface area is 204 Å². The highest BCUT2D eigenvalue weighted by Gasteiger charge is 2.14. The van der Waals surface area contributed by atoms with Crippen molar-refractivity contribution in [3.05, 3.63) is 79.3 Å². The van der Waals surface area contributed by atoms with Gasteiger partial charge < -0.3 is 20.1 Å². The van der Waals surface area contributed by atoms with Crippen molar-refractivity contribution >= 4 is 55.8 Å². The second-order valence-corrected chi connectivity index (χ2v) is 9.21. The molecule has 3 aromatic carbocycles. The van der Waals surface area contributed by atoms with Gasteiger partial charge in [-0.3, -0.25) is 4.79 Å². The molecule has 0 heterocycles. The number of benzene rings is 3. The van der Waals surface area contributed by atoms with E-state index in [9.17, 15) is 4.79 Å². The molecule has 1 amide bonds. The lowest BCUT2D eigenvalue weighted by atomic mass is 10.1. The number of nitrogens with one attached hydrogen (secondary N) is 2. The predicted octanol–water partition coefficient (Wildman–Crippen LogP) is 6.31. The Morgan fingerprint density at radius 2 is 1.90 bits per heavy atom. The Kier molecular flexibility index (Phi) is 8.20. The summed E-state index contributed by atoms with van der Waals surface area (Å²) in [5.74, 6) is 0.936. The smallest absolute Gasteiger partial charge is 0.262 e. The predicted molar refractivity (Wildman–Crippen MR) is 137 cm³/mol. The molecule has 0 spiro atoms. The van der Waals surface area contributed by atoms with E-state index >= 15 is 0 Å². The van der Waals surface area contributed by atoms with E-state index in [0.717, 1.165) is 36.1 Å². The molecule has 0 bridgehead atoms. The van der Waals surface area contributed by atoms with Crippen molar-refractivity contribution in [2.24, 2.45) is 0 Å². The molecule has 0 aliphatic heterocycles. The van der Waals surface area contributed by atoms with E-state index in [1.165, 1.54) is 0 Å². The molecule has 3 rings (SSSR count). The topological polar surface area (TPSA) is 59.6 Å². The molecule has 31 heavy (non-hydrogen) atoms. The highest BCUT2D eigenvalue weighted by molar-refractivity contribution is 14.1. The first kappa shape index (κ1) is 23.4. The van der Waals surface area contributed by atoms with Crippen LogP contribution in [0.3, 0.4) is 0 Å². The van der Waals surface area contributed by atoms with Crippen LogP contribution in [-0.2, 0) is 11.3 Å². The minimum absolute atomic E-state index is 0.101. The van der Waals surface area contributed by atoms with Crippen molar-refractivity contribution in [3.63, 3.8) is 0 Å². The van der Waals surface area contributed by atoms with E-state index in [2.05, 4.69) is 62.1 Å². The third-order valence-corrected chi connectivity index (χ3v) is 5.90. The fourth-order valence-corrected chi connectivity index (χ4v) is 4.39. The second kappa shape index (κ2) is 10.9. The van der Waals surface area contributed by atoms with Gasteiger partial charge in [0.2, 0.25) is 0 Å². The van der Waals surface area contributed by atoms with E-state index in [-0.39, 0.29) is 12.5 Å². The molecule has 0 atom stereocenters. The van der Waals surface area contributed by atoms with Crippen LogP contribution >= 0.6 is 38.5 Å². The average molecular weight is 595 g/mol. The number of aryl methyl sites for hydroxylation is 2. The maximum absolute atomic E-state index is 12.3. The van der Waals surface area contributed by atoms with E-state index in [4.69, 9.17) is 9.47 Å². The fourth-order valence-electron chi connectivity index (χ4n) is 3.10. The van der Waals surface area contributed by atoms with Crippen molar-refractivity contribution in [3.8, 4) is 11.5 Å². The standard InChI is InChI=1S/C24H24BrIN2O3/c1-15-5-4-6-19(9-15)28-23(29)14-31-24-20(26)11-17(12-22(24)30-3)13-27-21-8-7-18(25)10-16(21)2/h4-12,27H,13-14H2,1-3H3,(H,28,29). The Hall–Kier alpha value is -2.26. The quantitative estimate of drug-likeness (QED) is 0.300. The summed E-state index contributed by atoms with van der Waals surface area (Å²) in [4.78, 5) is 12.3. The van der Waals surface area contributed by atoms with Crippen LogP contribution < -0.4 is 20.1 Å². The Morgan fingerprint density at radius 3 is 2.61 bits per heavy atom. The summed E-state index contributed by atoms with van der Waals surface area (Å²) in [7, 11) is 1.60. The number of hydrogen-bond donors (Lipinski definition) is 2. The number of amides is 1. The number of carbonyl (C=O) groups excluding carboxylic acids is 1. The molecule has 0 aliphatic rings. The monoisotopic (exact) mass is 594 g/mol. The molecule has 0 fully saturated rings. The van der Waals surface area contributed by atoms with Gasteiger partial charge in [0.1, 0.15) is 0 Å². The van der Waals surface area contributed by atoms with Crippen LogP contribution in [-0.4, -0.2) is 19.6 Å². The Morgan fingerprint density at radius 1 is 1.10 bits per heavy atom. The number of rotatable bonds is 8. The van der Waals surface area contributed by atoms with Crippen LogP contribution in [0.15, 0.2) is 59.1 Å². The molecule has 2 N–H and O–H groups in total. The van der Waals surface area contributed by atoms with Crippen molar-refractivity contribution < 1.29 is 14.3 Å². The van der Waals surface area contributed by atoms with Gasteiger partial charge in [0.25, 0.3) is 5.91 Å². The van der Waals surface area contributed by atoms with Gasteiger partial charge in [-0.2, -0.15) is 0 Å². The van der Waals surface area contributed by atoms with Gasteiger partial charge in [-0.05, 0) is 95.6 Å². The summed E-state index contributed by atoms with van der Waals surface area (Å²) in [6.07, 6.45) is 0. The third kappa shape index (κ3) is 6.61. The van der Waals surface area contributed by atoms with Crippen LogP contribution in [0.25, 0.3) is 0 Å². The third-order valence-electron chi connectivity index (χ3n) is 4.61. The molecular formula is C24H24BrIN2O3. The van der Waals surface area contributed by atoms with Gasteiger partial charge in [-0.25, -0.2) is 0 Å². The van der Waals surface area contributed by atoms with Crippen LogP contribution in [0.5, 0.6) is 11.5 Å². The molecule has 0 saturated carbocycles. The van der Waals surface area contributed by atoms with E-state index in [1.807, 2.05) is 55.5 Å². The maximum Gasteiger partial charge on any atom is 0.262 e. The average Bonchev–Trinajstić information content (AvgIpc) is 2.72. The Balaban J connectivity index is 1.65.